The second kappa shape index (κ2) is 10.8. The van der Waals surface area contributed by atoms with Gasteiger partial charge in [-0.2, -0.15) is 5.10 Å². The van der Waals surface area contributed by atoms with Gasteiger partial charge in [-0.15, -0.1) is 0 Å². The molecule has 3 rings (SSSR count). The number of nitro groups is 1. The van der Waals surface area contributed by atoms with Crippen LogP contribution < -0.4 is 10.7 Å². The van der Waals surface area contributed by atoms with Crippen LogP contribution in [0.2, 0.25) is 0 Å². The highest BCUT2D eigenvalue weighted by atomic mass is 16.6. The van der Waals surface area contributed by atoms with E-state index >= 15 is 0 Å². The zero-order valence-corrected chi connectivity index (χ0v) is 16.7. The molecule has 1 aromatic heterocycles. The molecule has 0 bridgehead atoms. The number of amides is 2. The third-order valence-electron chi connectivity index (χ3n) is 4.03. The number of allylic oxidation sites excluding steroid dienone is 2. The third kappa shape index (κ3) is 6.36. The molecule has 0 aliphatic carbocycles. The Kier molecular flexibility index (Phi) is 7.42. The Hall–Kier alpha value is -4.79. The lowest BCUT2D eigenvalue weighted by Gasteiger charge is -2.08. The van der Waals surface area contributed by atoms with Crippen molar-refractivity contribution < 1.29 is 18.9 Å². The SMILES string of the molecule is O=C(N/N=C/c1ccc([N+](=O)[O-])o1)/C(=C/C=C/c1ccccc1)NC(=O)c1ccccc1. The predicted molar refractivity (Wildman–Crippen MR) is 119 cm³/mol. The standard InChI is InChI=1S/C23H18N4O5/c28-22(18-11-5-2-6-12-18)25-20(13-7-10-17-8-3-1-4-9-17)23(29)26-24-16-19-14-15-21(32-19)27(30)31/h1-16H,(H,25,28)(H,26,29)/b10-7+,20-13-,24-16+. The smallest absolute Gasteiger partial charge is 0.400 e. The summed E-state index contributed by atoms with van der Waals surface area (Å²) in [5, 5.41) is 16.9. The second-order valence-electron chi connectivity index (χ2n) is 6.30. The van der Waals surface area contributed by atoms with E-state index in [9.17, 15) is 19.7 Å². The van der Waals surface area contributed by atoms with E-state index in [1.54, 1.807) is 42.5 Å². The van der Waals surface area contributed by atoms with Gasteiger partial charge in [-0.1, -0.05) is 60.7 Å². The molecular formula is C23H18N4O5. The molecule has 32 heavy (non-hydrogen) atoms. The van der Waals surface area contributed by atoms with Crippen LogP contribution in [0.25, 0.3) is 6.08 Å². The van der Waals surface area contributed by atoms with E-state index < -0.39 is 22.6 Å². The number of nitrogens with zero attached hydrogens (tertiary/aromatic N) is 2. The third-order valence-corrected chi connectivity index (χ3v) is 4.03. The molecule has 0 unspecified atom stereocenters. The van der Waals surface area contributed by atoms with Crippen molar-refractivity contribution in [3.8, 4) is 0 Å². The van der Waals surface area contributed by atoms with Crippen molar-refractivity contribution in [3.05, 3.63) is 118 Å². The minimum atomic E-state index is -0.690. The first-order valence-electron chi connectivity index (χ1n) is 9.40. The van der Waals surface area contributed by atoms with Gasteiger partial charge in [0.1, 0.15) is 10.6 Å². The molecule has 0 radical (unpaired) electrons. The summed E-state index contributed by atoms with van der Waals surface area (Å²) in [6, 6.07) is 20.4. The maximum Gasteiger partial charge on any atom is 0.433 e. The van der Waals surface area contributed by atoms with Crippen molar-refractivity contribution in [1.82, 2.24) is 10.7 Å². The normalized spacial score (nSPS) is 11.6. The molecule has 3 aromatic rings. The summed E-state index contributed by atoms with van der Waals surface area (Å²) in [6.07, 6.45) is 5.94. The average molecular weight is 430 g/mol. The Morgan fingerprint density at radius 2 is 1.66 bits per heavy atom. The van der Waals surface area contributed by atoms with Gasteiger partial charge in [-0.25, -0.2) is 5.43 Å². The predicted octanol–water partition coefficient (Wildman–Crippen LogP) is 3.67. The van der Waals surface area contributed by atoms with Crippen LogP contribution in [0.15, 0.2) is 100 Å². The van der Waals surface area contributed by atoms with Crippen LogP contribution in [0.1, 0.15) is 21.7 Å². The van der Waals surface area contributed by atoms with Crippen LogP contribution in [0.4, 0.5) is 5.88 Å². The Morgan fingerprint density at radius 1 is 0.969 bits per heavy atom. The van der Waals surface area contributed by atoms with Gasteiger partial charge in [-0.3, -0.25) is 19.7 Å². The van der Waals surface area contributed by atoms with Gasteiger partial charge in [0.25, 0.3) is 11.8 Å². The van der Waals surface area contributed by atoms with Crippen molar-refractivity contribution in [2.75, 3.05) is 0 Å². The van der Waals surface area contributed by atoms with Crippen LogP contribution in [0.3, 0.4) is 0 Å². The van der Waals surface area contributed by atoms with Crippen LogP contribution in [-0.4, -0.2) is 23.0 Å². The average Bonchev–Trinajstić information content (AvgIpc) is 3.29. The number of furan rings is 1. The minimum Gasteiger partial charge on any atom is -0.400 e. The number of hydrogen-bond donors (Lipinski definition) is 2. The van der Waals surface area contributed by atoms with E-state index in [0.717, 1.165) is 11.8 Å². The van der Waals surface area contributed by atoms with Gasteiger partial charge in [0.2, 0.25) is 0 Å². The van der Waals surface area contributed by atoms with E-state index in [4.69, 9.17) is 4.42 Å². The fourth-order valence-corrected chi connectivity index (χ4v) is 2.50. The first kappa shape index (κ1) is 21.9. The molecule has 2 amide bonds. The maximum absolute atomic E-state index is 12.6. The van der Waals surface area contributed by atoms with Gasteiger partial charge >= 0.3 is 5.88 Å². The molecule has 9 heteroatoms. The number of rotatable bonds is 8. The first-order valence-corrected chi connectivity index (χ1v) is 9.40. The minimum absolute atomic E-state index is 0.0476. The lowest BCUT2D eigenvalue weighted by Crippen LogP contribution is -2.32. The fourth-order valence-electron chi connectivity index (χ4n) is 2.50. The van der Waals surface area contributed by atoms with Crippen molar-refractivity contribution in [2.45, 2.75) is 0 Å². The molecule has 0 aliphatic heterocycles. The summed E-state index contributed by atoms with van der Waals surface area (Å²) < 4.78 is 4.93. The molecule has 160 valence electrons. The Morgan fingerprint density at radius 3 is 2.31 bits per heavy atom. The lowest BCUT2D eigenvalue weighted by atomic mass is 10.2. The molecular weight excluding hydrogens is 412 g/mol. The molecule has 2 aromatic carbocycles. The van der Waals surface area contributed by atoms with Gasteiger partial charge in [0.15, 0.2) is 5.76 Å². The van der Waals surface area contributed by atoms with Crippen LogP contribution in [0.5, 0.6) is 0 Å². The molecule has 1 heterocycles. The van der Waals surface area contributed by atoms with Crippen molar-refractivity contribution in [1.29, 1.82) is 0 Å². The van der Waals surface area contributed by atoms with E-state index in [1.807, 2.05) is 30.3 Å². The number of benzene rings is 2. The topological polar surface area (TPSA) is 127 Å². The molecule has 9 nitrogen and oxygen atoms in total. The van der Waals surface area contributed by atoms with Crippen molar-refractivity contribution >= 4 is 30.0 Å². The quantitative estimate of drug-likeness (QED) is 0.185. The zero-order chi connectivity index (χ0) is 22.8. The monoisotopic (exact) mass is 430 g/mol. The van der Waals surface area contributed by atoms with Gasteiger partial charge in [-0.05, 0) is 29.8 Å². The fraction of sp³-hybridized carbons (Fsp3) is 0. The highest BCUT2D eigenvalue weighted by molar-refractivity contribution is 6.03. The molecule has 0 fully saturated rings. The summed E-state index contributed by atoms with van der Waals surface area (Å²) in [4.78, 5) is 35.0. The van der Waals surface area contributed by atoms with E-state index in [2.05, 4.69) is 15.8 Å². The molecule has 2 N–H and O–H groups in total. The Balaban J connectivity index is 1.73. The molecule has 0 aliphatic rings. The molecule has 0 saturated heterocycles. The summed E-state index contributed by atoms with van der Waals surface area (Å²) in [7, 11) is 0. The second-order valence-corrected chi connectivity index (χ2v) is 6.30. The number of hydrazone groups is 1. The van der Waals surface area contributed by atoms with Gasteiger partial charge < -0.3 is 9.73 Å². The van der Waals surface area contributed by atoms with Crippen LogP contribution in [0, 0.1) is 10.1 Å². The summed E-state index contributed by atoms with van der Waals surface area (Å²) in [5.41, 5.74) is 3.50. The molecule has 0 saturated carbocycles. The number of carbonyl (C=O) groups is 2. The largest absolute Gasteiger partial charge is 0.433 e. The first-order chi connectivity index (χ1) is 15.5. The molecule has 0 spiro atoms. The van der Waals surface area contributed by atoms with Crippen LogP contribution >= 0.6 is 0 Å². The molecule has 0 atom stereocenters. The zero-order valence-electron chi connectivity index (χ0n) is 16.7. The van der Waals surface area contributed by atoms with Crippen LogP contribution in [-0.2, 0) is 4.79 Å². The number of hydrogen-bond acceptors (Lipinski definition) is 6. The maximum atomic E-state index is 12.6. The van der Waals surface area contributed by atoms with E-state index in [-0.39, 0.29) is 11.5 Å². The summed E-state index contributed by atoms with van der Waals surface area (Å²) in [6.45, 7) is 0. The van der Waals surface area contributed by atoms with E-state index in [1.165, 1.54) is 18.2 Å². The number of carbonyl (C=O) groups excluding carboxylic acids is 2. The van der Waals surface area contributed by atoms with E-state index in [0.29, 0.717) is 5.56 Å². The Bertz CT molecular complexity index is 1180. The lowest BCUT2D eigenvalue weighted by molar-refractivity contribution is -0.402. The summed E-state index contributed by atoms with van der Waals surface area (Å²) in [5.74, 6) is -1.52. The highest BCUT2D eigenvalue weighted by Gasteiger charge is 2.14. The highest BCUT2D eigenvalue weighted by Crippen LogP contribution is 2.13. The van der Waals surface area contributed by atoms with Gasteiger partial charge in [0, 0.05) is 5.56 Å². The Labute approximate surface area is 182 Å². The van der Waals surface area contributed by atoms with Gasteiger partial charge in [0.05, 0.1) is 12.3 Å². The van der Waals surface area contributed by atoms with Crippen molar-refractivity contribution in [3.63, 3.8) is 0 Å². The number of nitrogens with one attached hydrogen (secondary N) is 2. The van der Waals surface area contributed by atoms with Crippen molar-refractivity contribution in [2.24, 2.45) is 5.10 Å². The summed E-state index contributed by atoms with van der Waals surface area (Å²) >= 11 is 0.